The van der Waals surface area contributed by atoms with Gasteiger partial charge in [0.05, 0.1) is 5.39 Å². The molecule has 0 spiro atoms. The van der Waals surface area contributed by atoms with E-state index in [2.05, 4.69) is 20.6 Å². The maximum absolute atomic E-state index is 15.2. The zero-order chi connectivity index (χ0) is 20.3. The monoisotopic (exact) mass is 401 g/mol. The lowest BCUT2D eigenvalue weighted by molar-refractivity contribution is 0.0694. The third-order valence-electron chi connectivity index (χ3n) is 5.38. The molecule has 1 unspecified atom stereocenters. The zero-order valence-electron chi connectivity index (χ0n) is 15.3. The van der Waals surface area contributed by atoms with Crippen molar-refractivity contribution in [2.45, 2.75) is 12.3 Å². The van der Waals surface area contributed by atoms with E-state index in [-0.39, 0.29) is 29.5 Å². The molecule has 2 N–H and O–H groups in total. The van der Waals surface area contributed by atoms with Crippen LogP contribution in [0.4, 0.5) is 10.1 Å². The standard InChI is InChI=1S/C17H16FN7O4/c1-23-7-29-15-12-9(14(26)10(17(27)28)6-25(12)23)4-11(18)13(15)24-3-2-8(5-24)16-19-21-22-20-16/h4,6,8H,2-3,5,7H2,1H3,(H,27,28)(H,19,20,21,22). The molecule has 0 amide bonds. The summed E-state index contributed by atoms with van der Waals surface area (Å²) < 4.78 is 22.5. The van der Waals surface area contributed by atoms with Crippen LogP contribution in [0.25, 0.3) is 10.9 Å². The molecule has 3 aromatic rings. The van der Waals surface area contributed by atoms with E-state index in [1.807, 2.05) is 4.90 Å². The number of halogens is 1. The van der Waals surface area contributed by atoms with Gasteiger partial charge in [0.15, 0.2) is 24.1 Å². The minimum Gasteiger partial charge on any atom is -0.477 e. The second-order valence-electron chi connectivity index (χ2n) is 7.09. The van der Waals surface area contributed by atoms with Gasteiger partial charge in [-0.2, -0.15) is 5.21 Å². The number of aromatic carboxylic acids is 1. The lowest BCUT2D eigenvalue weighted by Crippen LogP contribution is -2.40. The number of rotatable bonds is 3. The van der Waals surface area contributed by atoms with Gasteiger partial charge in [0.2, 0.25) is 5.43 Å². The molecule has 0 aliphatic carbocycles. The van der Waals surface area contributed by atoms with E-state index in [1.165, 1.54) is 10.9 Å². The largest absolute Gasteiger partial charge is 0.477 e. The van der Waals surface area contributed by atoms with Crippen LogP contribution in [-0.2, 0) is 0 Å². The smallest absolute Gasteiger partial charge is 0.341 e. The van der Waals surface area contributed by atoms with Crippen LogP contribution in [0.2, 0.25) is 0 Å². The summed E-state index contributed by atoms with van der Waals surface area (Å²) in [5.41, 5.74) is -0.593. The quantitative estimate of drug-likeness (QED) is 0.635. The summed E-state index contributed by atoms with van der Waals surface area (Å²) in [6.45, 7) is 1.08. The molecule has 5 rings (SSSR count). The summed E-state index contributed by atoms with van der Waals surface area (Å²) in [7, 11) is 1.68. The molecule has 150 valence electrons. The Bertz CT molecular complexity index is 1190. The number of aromatic amines is 1. The van der Waals surface area contributed by atoms with E-state index < -0.39 is 22.8 Å². The number of aromatic nitrogens is 5. The van der Waals surface area contributed by atoms with E-state index in [1.54, 1.807) is 12.1 Å². The summed E-state index contributed by atoms with van der Waals surface area (Å²) in [5, 5.41) is 24.9. The molecule has 0 saturated carbocycles. The molecule has 2 aliphatic rings. The van der Waals surface area contributed by atoms with Crippen LogP contribution in [0.1, 0.15) is 28.5 Å². The van der Waals surface area contributed by atoms with Crippen molar-refractivity contribution >= 4 is 22.6 Å². The molecule has 0 bridgehead atoms. The maximum Gasteiger partial charge on any atom is 0.341 e. The van der Waals surface area contributed by atoms with Crippen molar-refractivity contribution in [1.29, 1.82) is 0 Å². The van der Waals surface area contributed by atoms with E-state index in [9.17, 15) is 14.7 Å². The Labute approximate surface area is 162 Å². The van der Waals surface area contributed by atoms with Gasteiger partial charge in [-0.1, -0.05) is 5.21 Å². The van der Waals surface area contributed by atoms with Gasteiger partial charge in [-0.25, -0.2) is 9.18 Å². The number of carbonyl (C=O) groups is 1. The topological polar surface area (TPSA) is 129 Å². The highest BCUT2D eigenvalue weighted by atomic mass is 19.1. The first-order chi connectivity index (χ1) is 14.0. The van der Waals surface area contributed by atoms with Crippen molar-refractivity contribution in [3.05, 3.63) is 39.7 Å². The number of hydrogen-bond acceptors (Lipinski definition) is 8. The Morgan fingerprint density at radius 1 is 1.45 bits per heavy atom. The first-order valence-electron chi connectivity index (χ1n) is 8.93. The third kappa shape index (κ3) is 2.52. The summed E-state index contributed by atoms with van der Waals surface area (Å²) in [6, 6.07) is 1.09. The molecule has 12 heteroatoms. The van der Waals surface area contributed by atoms with Gasteiger partial charge in [-0.3, -0.25) is 14.5 Å². The lowest BCUT2D eigenvalue weighted by atomic mass is 10.1. The van der Waals surface area contributed by atoms with Crippen LogP contribution >= 0.6 is 0 Å². The normalized spacial score (nSPS) is 18.3. The Morgan fingerprint density at radius 2 is 2.28 bits per heavy atom. The molecular formula is C17H16FN7O4. The number of benzene rings is 1. The van der Waals surface area contributed by atoms with Gasteiger partial charge in [0, 0.05) is 32.3 Å². The van der Waals surface area contributed by atoms with Crippen LogP contribution in [0.3, 0.4) is 0 Å². The fourth-order valence-corrected chi connectivity index (χ4v) is 3.99. The molecule has 1 aromatic carbocycles. The summed E-state index contributed by atoms with van der Waals surface area (Å²) in [5.74, 6) is -1.24. The fraction of sp³-hybridized carbons (Fsp3) is 0.353. The third-order valence-corrected chi connectivity index (χ3v) is 5.38. The number of ether oxygens (including phenoxy) is 1. The number of pyridine rings is 1. The van der Waals surface area contributed by atoms with Crippen LogP contribution in [0.5, 0.6) is 5.75 Å². The highest BCUT2D eigenvalue weighted by molar-refractivity contribution is 5.97. The first-order valence-corrected chi connectivity index (χ1v) is 8.93. The Hall–Kier alpha value is -3.70. The molecule has 1 fully saturated rings. The van der Waals surface area contributed by atoms with Crippen LogP contribution in [-0.4, -0.2) is 63.2 Å². The molecule has 4 heterocycles. The number of nitrogens with one attached hydrogen (secondary N) is 1. The van der Waals surface area contributed by atoms with E-state index in [4.69, 9.17) is 4.74 Å². The molecule has 0 radical (unpaired) electrons. The maximum atomic E-state index is 15.2. The van der Waals surface area contributed by atoms with Crippen molar-refractivity contribution in [1.82, 2.24) is 25.3 Å². The number of nitrogens with zero attached hydrogens (tertiary/aromatic N) is 6. The predicted octanol–water partition coefficient (Wildman–Crippen LogP) is 0.263. The Kier molecular flexibility index (Phi) is 3.69. The number of tetrazole rings is 1. The Balaban J connectivity index is 1.69. The number of H-pyrrole nitrogens is 1. The van der Waals surface area contributed by atoms with E-state index in [0.29, 0.717) is 30.9 Å². The van der Waals surface area contributed by atoms with Gasteiger partial charge in [-0.05, 0) is 12.5 Å². The van der Waals surface area contributed by atoms with Crippen molar-refractivity contribution in [3.63, 3.8) is 0 Å². The second-order valence-corrected chi connectivity index (χ2v) is 7.09. The SMILES string of the molecule is CN1COc2c(N3CCC(c4nn[nH]n4)C3)c(F)cc3c(=O)c(C(=O)O)cn1c23. The van der Waals surface area contributed by atoms with Gasteiger partial charge < -0.3 is 14.7 Å². The molecule has 1 atom stereocenters. The summed E-state index contributed by atoms with van der Waals surface area (Å²) in [6.07, 6.45) is 1.95. The lowest BCUT2D eigenvalue weighted by Gasteiger charge is -2.33. The van der Waals surface area contributed by atoms with Gasteiger partial charge in [0.25, 0.3) is 0 Å². The number of anilines is 1. The average molecular weight is 401 g/mol. The average Bonchev–Trinajstić information content (AvgIpc) is 3.37. The van der Waals surface area contributed by atoms with Crippen molar-refractivity contribution in [3.8, 4) is 5.75 Å². The highest BCUT2D eigenvalue weighted by Gasteiger charge is 2.34. The van der Waals surface area contributed by atoms with Gasteiger partial charge >= 0.3 is 5.97 Å². The van der Waals surface area contributed by atoms with Gasteiger partial charge in [0.1, 0.15) is 16.8 Å². The number of hydrogen-bond donors (Lipinski definition) is 2. The zero-order valence-corrected chi connectivity index (χ0v) is 15.3. The second kappa shape index (κ2) is 6.15. The Morgan fingerprint density at radius 3 is 3.00 bits per heavy atom. The summed E-state index contributed by atoms with van der Waals surface area (Å²) >= 11 is 0. The van der Waals surface area contributed by atoms with Crippen molar-refractivity contribution in [2.75, 3.05) is 36.8 Å². The minimum absolute atomic E-state index is 0.0149. The van der Waals surface area contributed by atoms with Crippen LogP contribution in [0, 0.1) is 5.82 Å². The van der Waals surface area contributed by atoms with Crippen LogP contribution in [0.15, 0.2) is 17.1 Å². The van der Waals surface area contributed by atoms with Crippen LogP contribution < -0.4 is 20.1 Å². The highest BCUT2D eigenvalue weighted by Crippen LogP contribution is 2.42. The predicted molar refractivity (Wildman–Crippen MR) is 98.5 cm³/mol. The molecular weight excluding hydrogens is 385 g/mol. The molecule has 1 saturated heterocycles. The summed E-state index contributed by atoms with van der Waals surface area (Å²) in [4.78, 5) is 25.9. The minimum atomic E-state index is -1.37. The number of carboxylic acids is 1. The first kappa shape index (κ1) is 17.4. The fourth-order valence-electron chi connectivity index (χ4n) is 3.99. The molecule has 2 aromatic heterocycles. The van der Waals surface area contributed by atoms with Gasteiger partial charge in [-0.15, -0.1) is 10.2 Å². The van der Waals surface area contributed by atoms with E-state index in [0.717, 1.165) is 6.07 Å². The van der Waals surface area contributed by atoms with E-state index >= 15 is 4.39 Å². The molecule has 11 nitrogen and oxygen atoms in total. The number of carboxylic acid groups (broad SMARTS) is 1. The van der Waals surface area contributed by atoms with Crippen molar-refractivity contribution in [2.24, 2.45) is 0 Å². The molecule has 2 aliphatic heterocycles. The van der Waals surface area contributed by atoms with Crippen molar-refractivity contribution < 1.29 is 19.0 Å². The molecule has 29 heavy (non-hydrogen) atoms.